The Kier molecular flexibility index (Phi) is 5.25. The number of carboxylic acid groups (broad SMARTS) is 1. The average molecular weight is 269 g/mol. The van der Waals surface area contributed by atoms with Gasteiger partial charge in [0.15, 0.2) is 0 Å². The Labute approximate surface area is 107 Å². The van der Waals surface area contributed by atoms with E-state index in [9.17, 15) is 19.4 Å². The number of rotatable bonds is 6. The summed E-state index contributed by atoms with van der Waals surface area (Å²) in [6.45, 7) is -0.0433. The van der Waals surface area contributed by atoms with Gasteiger partial charge in [0, 0.05) is 11.5 Å². The van der Waals surface area contributed by atoms with Crippen LogP contribution in [0.25, 0.3) is 10.4 Å². The van der Waals surface area contributed by atoms with E-state index in [2.05, 4.69) is 10.0 Å². The largest absolute Gasteiger partial charge is 0.478 e. The molecule has 0 radical (unpaired) electrons. The molecule has 0 bridgehead atoms. The van der Waals surface area contributed by atoms with Crippen molar-refractivity contribution in [1.82, 2.24) is 0 Å². The Balaban J connectivity index is 2.95. The molecule has 0 aliphatic carbocycles. The third-order valence-corrected chi connectivity index (χ3v) is 2.52. The van der Waals surface area contributed by atoms with Crippen LogP contribution in [-0.4, -0.2) is 33.9 Å². The second-order valence-electron chi connectivity index (χ2n) is 3.79. The van der Waals surface area contributed by atoms with Gasteiger partial charge in [-0.3, -0.25) is 0 Å². The second kappa shape index (κ2) is 6.69. The molecule has 8 heteroatoms. The van der Waals surface area contributed by atoms with Crippen LogP contribution in [0, 0.1) is 5.82 Å². The van der Waals surface area contributed by atoms with E-state index in [4.69, 9.17) is 10.6 Å². The molecule has 0 spiro atoms. The molecule has 1 aromatic rings. The van der Waals surface area contributed by atoms with Crippen LogP contribution < -0.4 is 0 Å². The first-order chi connectivity index (χ1) is 8.97. The van der Waals surface area contributed by atoms with Crippen molar-refractivity contribution >= 4 is 5.97 Å². The minimum atomic E-state index is -1.50. The van der Waals surface area contributed by atoms with Gasteiger partial charge in [0.1, 0.15) is 11.9 Å². The molecule has 0 saturated heterocycles. The standard InChI is InChI=1S/C11H12FN3O4/c12-6-1-2-7(8(5-6)11(18)19)10(17)9(16)3-4-14-15-13/h1-2,5,9-10,16-17H,3-4H2,(H,18,19). The summed E-state index contributed by atoms with van der Waals surface area (Å²) in [6, 6.07) is 2.85. The molecule has 1 rings (SSSR count). The predicted molar refractivity (Wildman–Crippen MR) is 63.0 cm³/mol. The number of azide groups is 1. The van der Waals surface area contributed by atoms with Crippen molar-refractivity contribution in [2.45, 2.75) is 18.6 Å². The molecule has 0 aromatic heterocycles. The molecular formula is C11H12FN3O4. The summed E-state index contributed by atoms with van der Waals surface area (Å²) < 4.78 is 13.0. The number of aliphatic hydroxyl groups excluding tert-OH is 2. The van der Waals surface area contributed by atoms with E-state index in [1.54, 1.807) is 0 Å². The van der Waals surface area contributed by atoms with E-state index in [-0.39, 0.29) is 18.5 Å². The molecule has 3 N–H and O–H groups in total. The summed E-state index contributed by atoms with van der Waals surface area (Å²) in [5.41, 5.74) is 7.56. The third kappa shape index (κ3) is 3.92. The lowest BCUT2D eigenvalue weighted by atomic mass is 9.97. The molecule has 102 valence electrons. The summed E-state index contributed by atoms with van der Waals surface area (Å²) >= 11 is 0. The number of benzene rings is 1. The van der Waals surface area contributed by atoms with Gasteiger partial charge < -0.3 is 15.3 Å². The van der Waals surface area contributed by atoms with Crippen LogP contribution in [-0.2, 0) is 0 Å². The van der Waals surface area contributed by atoms with Crippen molar-refractivity contribution in [3.05, 3.63) is 45.6 Å². The molecular weight excluding hydrogens is 257 g/mol. The maximum absolute atomic E-state index is 13.0. The summed E-state index contributed by atoms with van der Waals surface area (Å²) in [5, 5.41) is 31.6. The number of aromatic carboxylic acids is 1. The molecule has 0 saturated carbocycles. The van der Waals surface area contributed by atoms with Crippen LogP contribution in [0.3, 0.4) is 0 Å². The van der Waals surface area contributed by atoms with Crippen LogP contribution in [0.1, 0.15) is 28.4 Å². The van der Waals surface area contributed by atoms with Crippen molar-refractivity contribution in [3.8, 4) is 0 Å². The fourth-order valence-electron chi connectivity index (χ4n) is 1.57. The Hall–Kier alpha value is -2.15. The van der Waals surface area contributed by atoms with E-state index in [0.717, 1.165) is 18.2 Å². The lowest BCUT2D eigenvalue weighted by molar-refractivity contribution is 0.0140. The van der Waals surface area contributed by atoms with Crippen molar-refractivity contribution in [2.75, 3.05) is 6.54 Å². The molecule has 0 amide bonds. The lowest BCUT2D eigenvalue weighted by Gasteiger charge is -2.19. The van der Waals surface area contributed by atoms with Gasteiger partial charge in [0.2, 0.25) is 0 Å². The summed E-state index contributed by atoms with van der Waals surface area (Å²) in [5.74, 6) is -2.16. The summed E-state index contributed by atoms with van der Waals surface area (Å²) in [6.07, 6.45) is -2.85. The van der Waals surface area contributed by atoms with Crippen LogP contribution in [0.4, 0.5) is 4.39 Å². The van der Waals surface area contributed by atoms with Crippen LogP contribution in [0.2, 0.25) is 0 Å². The monoisotopic (exact) mass is 269 g/mol. The van der Waals surface area contributed by atoms with Crippen molar-refractivity contribution < 1.29 is 24.5 Å². The zero-order valence-electron chi connectivity index (χ0n) is 9.77. The topological polar surface area (TPSA) is 127 Å². The van der Waals surface area contributed by atoms with Crippen LogP contribution in [0.5, 0.6) is 0 Å². The van der Waals surface area contributed by atoms with Gasteiger partial charge in [-0.2, -0.15) is 0 Å². The van der Waals surface area contributed by atoms with Gasteiger partial charge in [-0.1, -0.05) is 11.2 Å². The minimum Gasteiger partial charge on any atom is -0.478 e. The average Bonchev–Trinajstić information content (AvgIpc) is 2.38. The highest BCUT2D eigenvalue weighted by Gasteiger charge is 2.23. The van der Waals surface area contributed by atoms with Gasteiger partial charge in [-0.15, -0.1) is 0 Å². The van der Waals surface area contributed by atoms with Gasteiger partial charge in [0.05, 0.1) is 11.7 Å². The molecule has 0 fully saturated rings. The highest BCUT2D eigenvalue weighted by Crippen LogP contribution is 2.23. The molecule has 19 heavy (non-hydrogen) atoms. The van der Waals surface area contributed by atoms with Crippen LogP contribution in [0.15, 0.2) is 23.3 Å². The highest BCUT2D eigenvalue weighted by atomic mass is 19.1. The minimum absolute atomic E-state index is 0.0400. The van der Waals surface area contributed by atoms with Crippen LogP contribution >= 0.6 is 0 Å². The first kappa shape index (κ1) is 14.9. The number of hydrogen-bond donors (Lipinski definition) is 3. The fraction of sp³-hybridized carbons (Fsp3) is 0.364. The quantitative estimate of drug-likeness (QED) is 0.412. The molecule has 0 aliphatic heterocycles. The smallest absolute Gasteiger partial charge is 0.336 e. The predicted octanol–water partition coefficient (Wildman–Crippen LogP) is 1.62. The van der Waals surface area contributed by atoms with Crippen molar-refractivity contribution in [1.29, 1.82) is 0 Å². The summed E-state index contributed by atoms with van der Waals surface area (Å²) in [7, 11) is 0. The highest BCUT2D eigenvalue weighted by molar-refractivity contribution is 5.89. The second-order valence-corrected chi connectivity index (χ2v) is 3.79. The van der Waals surface area contributed by atoms with Crippen molar-refractivity contribution in [3.63, 3.8) is 0 Å². The fourth-order valence-corrected chi connectivity index (χ4v) is 1.57. The maximum Gasteiger partial charge on any atom is 0.336 e. The maximum atomic E-state index is 13.0. The van der Waals surface area contributed by atoms with E-state index < -0.39 is 29.6 Å². The normalized spacial score (nSPS) is 13.4. The van der Waals surface area contributed by atoms with Gasteiger partial charge in [-0.25, -0.2) is 9.18 Å². The number of carboxylic acids is 1. The van der Waals surface area contributed by atoms with E-state index in [1.165, 1.54) is 0 Å². The van der Waals surface area contributed by atoms with E-state index in [0.29, 0.717) is 0 Å². The number of hydrogen-bond acceptors (Lipinski definition) is 4. The SMILES string of the molecule is [N-]=[N+]=NCCC(O)C(O)c1ccc(F)cc1C(=O)O. The Bertz CT molecular complexity index is 517. The van der Waals surface area contributed by atoms with E-state index >= 15 is 0 Å². The Morgan fingerprint density at radius 2 is 2.16 bits per heavy atom. The van der Waals surface area contributed by atoms with Gasteiger partial charge >= 0.3 is 5.97 Å². The number of carbonyl (C=O) groups is 1. The Morgan fingerprint density at radius 1 is 1.47 bits per heavy atom. The number of nitrogens with zero attached hydrogens (tertiary/aromatic N) is 3. The first-order valence-corrected chi connectivity index (χ1v) is 5.37. The molecule has 0 aliphatic rings. The molecule has 1 aromatic carbocycles. The molecule has 0 heterocycles. The zero-order valence-corrected chi connectivity index (χ0v) is 9.77. The van der Waals surface area contributed by atoms with Crippen molar-refractivity contribution in [2.24, 2.45) is 5.11 Å². The number of halogens is 1. The summed E-state index contributed by atoms with van der Waals surface area (Å²) in [4.78, 5) is 13.4. The van der Waals surface area contributed by atoms with Gasteiger partial charge in [-0.05, 0) is 29.6 Å². The zero-order chi connectivity index (χ0) is 14.4. The number of aliphatic hydroxyl groups is 2. The third-order valence-electron chi connectivity index (χ3n) is 2.52. The first-order valence-electron chi connectivity index (χ1n) is 5.37. The lowest BCUT2D eigenvalue weighted by Crippen LogP contribution is -2.21. The molecule has 7 nitrogen and oxygen atoms in total. The molecule has 2 atom stereocenters. The van der Waals surface area contributed by atoms with Gasteiger partial charge in [0.25, 0.3) is 0 Å². The molecule has 2 unspecified atom stereocenters. The Morgan fingerprint density at radius 3 is 2.74 bits per heavy atom. The van der Waals surface area contributed by atoms with E-state index in [1.807, 2.05) is 0 Å².